The molecule has 0 radical (unpaired) electrons. The van der Waals surface area contributed by atoms with Crippen molar-refractivity contribution in [3.05, 3.63) is 46.6 Å². The van der Waals surface area contributed by atoms with Gasteiger partial charge in [-0.2, -0.15) is 0 Å². The third kappa shape index (κ3) is 7.96. The van der Waals surface area contributed by atoms with E-state index >= 15 is 0 Å². The molecule has 0 unspecified atom stereocenters. The van der Waals surface area contributed by atoms with Crippen molar-refractivity contribution in [1.82, 2.24) is 0 Å². The van der Waals surface area contributed by atoms with E-state index in [-0.39, 0.29) is 34.0 Å². The van der Waals surface area contributed by atoms with E-state index in [4.69, 9.17) is 37.6 Å². The summed E-state index contributed by atoms with van der Waals surface area (Å²) in [4.78, 5) is 13.1. The number of phenols is 2. The van der Waals surface area contributed by atoms with Gasteiger partial charge in [0.1, 0.15) is 95.4 Å². The van der Waals surface area contributed by atoms with Gasteiger partial charge in [0.2, 0.25) is 6.29 Å². The van der Waals surface area contributed by atoms with Gasteiger partial charge in [-0.05, 0) is 18.2 Å². The second-order valence-electron chi connectivity index (χ2n) is 13.1. The normalized spacial score (nSPS) is 36.8. The third-order valence-electron chi connectivity index (χ3n) is 9.58. The van der Waals surface area contributed by atoms with Crippen molar-refractivity contribution in [2.24, 2.45) is 0 Å². The molecule has 21 heteroatoms. The van der Waals surface area contributed by atoms with E-state index in [0.717, 1.165) is 12.1 Å². The van der Waals surface area contributed by atoms with Crippen LogP contribution >= 0.6 is 0 Å². The Balaban J connectivity index is 1.33. The maximum Gasteiger partial charge on any atom is 0.229 e. The lowest BCUT2D eigenvalue weighted by Crippen LogP contribution is -2.67. The number of aliphatic hydroxyl groups is 10. The molecule has 3 aliphatic heterocycles. The van der Waals surface area contributed by atoms with Crippen LogP contribution in [0.3, 0.4) is 0 Å². The average Bonchev–Trinajstić information content (AvgIpc) is 3.16. The molecule has 3 fully saturated rings. The molecule has 0 aliphatic carbocycles. The first kappa shape index (κ1) is 40.9. The third-order valence-corrected chi connectivity index (χ3v) is 9.58. The van der Waals surface area contributed by atoms with E-state index in [1.165, 1.54) is 31.4 Å². The smallest absolute Gasteiger partial charge is 0.229 e. The van der Waals surface area contributed by atoms with Gasteiger partial charge in [0.25, 0.3) is 0 Å². The molecule has 6 rings (SSSR count). The van der Waals surface area contributed by atoms with Crippen molar-refractivity contribution < 1.29 is 98.9 Å². The van der Waals surface area contributed by atoms with E-state index in [2.05, 4.69) is 0 Å². The Hall–Kier alpha value is -3.75. The fourth-order valence-electron chi connectivity index (χ4n) is 6.51. The molecule has 1 aromatic heterocycles. The zero-order chi connectivity index (χ0) is 39.9. The molecule has 0 amide bonds. The molecular weight excluding hydrogens is 744 g/mol. The summed E-state index contributed by atoms with van der Waals surface area (Å²) in [5, 5.41) is 125. The Morgan fingerprint density at radius 2 is 1.16 bits per heavy atom. The SMILES string of the molecule is COc1cc(-c2cc(=O)c3c(O)cc(O[C@@H]4O[C@@H](CO)[C@@H](O)[C@H](O)[C@@H]4O[C@@H]4O[C@@H](CO)[C@@H](O)[C@H](O)[C@@H]4O[C@@H]4O[C@@H](CO)[C@@H](O)[C@H](O)[C@@H]4O)cc3o2)ccc1O. The molecule has 0 spiro atoms. The van der Waals surface area contributed by atoms with Crippen LogP contribution in [0.1, 0.15) is 0 Å². The predicted octanol–water partition coefficient (Wildman–Crippen LogP) is -4.29. The number of aromatic hydroxyl groups is 2. The topological polar surface area (TPSA) is 338 Å². The number of ether oxygens (including phenoxy) is 7. The summed E-state index contributed by atoms with van der Waals surface area (Å²) in [5.41, 5.74) is -0.558. The highest BCUT2D eigenvalue weighted by Gasteiger charge is 2.54. The van der Waals surface area contributed by atoms with Crippen molar-refractivity contribution in [3.8, 4) is 34.3 Å². The molecule has 55 heavy (non-hydrogen) atoms. The maximum absolute atomic E-state index is 13.1. The Morgan fingerprint density at radius 3 is 1.76 bits per heavy atom. The summed E-state index contributed by atoms with van der Waals surface area (Å²) < 4.78 is 45.3. The monoisotopic (exact) mass is 786 g/mol. The van der Waals surface area contributed by atoms with E-state index in [0.29, 0.717) is 5.56 Å². The van der Waals surface area contributed by atoms with Crippen molar-refractivity contribution >= 4 is 11.0 Å². The molecule has 12 N–H and O–H groups in total. The van der Waals surface area contributed by atoms with Crippen molar-refractivity contribution in [2.75, 3.05) is 26.9 Å². The lowest BCUT2D eigenvalue weighted by Gasteiger charge is -2.48. The zero-order valence-corrected chi connectivity index (χ0v) is 28.8. The fraction of sp³-hybridized carbons (Fsp3) is 0.559. The minimum atomic E-state index is -2.00. The van der Waals surface area contributed by atoms with Crippen LogP contribution in [-0.2, 0) is 23.7 Å². The van der Waals surface area contributed by atoms with Gasteiger partial charge < -0.3 is 98.9 Å². The fourth-order valence-corrected chi connectivity index (χ4v) is 6.51. The van der Waals surface area contributed by atoms with Gasteiger partial charge in [-0.1, -0.05) is 0 Å². The molecular formula is C34H42O21. The van der Waals surface area contributed by atoms with Gasteiger partial charge in [0.15, 0.2) is 35.6 Å². The van der Waals surface area contributed by atoms with Crippen molar-refractivity contribution in [3.63, 3.8) is 0 Å². The number of rotatable bonds is 11. The van der Waals surface area contributed by atoms with Crippen LogP contribution in [0.15, 0.2) is 45.6 Å². The van der Waals surface area contributed by atoms with E-state index in [9.17, 15) is 66.1 Å². The van der Waals surface area contributed by atoms with Crippen LogP contribution in [0.25, 0.3) is 22.3 Å². The minimum Gasteiger partial charge on any atom is -0.507 e. The van der Waals surface area contributed by atoms with Crippen molar-refractivity contribution in [1.29, 1.82) is 0 Å². The number of fused-ring (bicyclic) bond motifs is 1. The standard InChI is InChI=1S/C34H42O21/c1-48-17-4-11(2-3-13(17)38)16-7-15(40)22-14(39)5-12(6-18(22)50-16)49-33-30(27(45)24(42)20(9-36)52-33)55-34-31(28(46)25(43)21(10-37)53-34)54-32-29(47)26(44)23(41)19(8-35)51-32/h2-7,19-21,23-39,41-47H,8-10H2,1H3/t19-,20-,21-,23+,24+,25+,26-,27-,28-,29-,30-,31-,32-,33+,34-/m0/s1. The van der Waals surface area contributed by atoms with Crippen LogP contribution in [-0.4, -0.2) is 180 Å². The van der Waals surface area contributed by atoms with Crippen LogP contribution in [0.5, 0.6) is 23.0 Å². The largest absolute Gasteiger partial charge is 0.507 e. The molecule has 21 nitrogen and oxygen atoms in total. The number of hydrogen-bond acceptors (Lipinski definition) is 21. The molecule has 304 valence electrons. The Labute approximate surface area is 309 Å². The Kier molecular flexibility index (Phi) is 12.5. The number of hydrogen-bond donors (Lipinski definition) is 12. The summed E-state index contributed by atoms with van der Waals surface area (Å²) in [7, 11) is 1.32. The van der Waals surface area contributed by atoms with Crippen molar-refractivity contribution in [2.45, 2.75) is 92.1 Å². The summed E-state index contributed by atoms with van der Waals surface area (Å²) >= 11 is 0. The summed E-state index contributed by atoms with van der Waals surface area (Å²) in [6.45, 7) is -2.56. The van der Waals surface area contributed by atoms with Gasteiger partial charge in [-0.25, -0.2) is 0 Å². The maximum atomic E-state index is 13.1. The first-order valence-corrected chi connectivity index (χ1v) is 16.9. The van der Waals surface area contributed by atoms with Crippen LogP contribution in [0.4, 0.5) is 0 Å². The molecule has 0 bridgehead atoms. The highest BCUT2D eigenvalue weighted by molar-refractivity contribution is 5.86. The summed E-state index contributed by atoms with van der Waals surface area (Å²) in [6, 6.07) is 7.43. The number of methoxy groups -OCH3 is 1. The lowest BCUT2D eigenvalue weighted by atomic mass is 9.96. The van der Waals surface area contributed by atoms with Crippen LogP contribution in [0.2, 0.25) is 0 Å². The Morgan fingerprint density at radius 1 is 0.618 bits per heavy atom. The number of phenolic OH excluding ortho intramolecular Hbond substituents is 2. The Bertz CT molecular complexity index is 1840. The van der Waals surface area contributed by atoms with E-state index in [1.807, 2.05) is 0 Å². The van der Waals surface area contributed by atoms with Gasteiger partial charge in [0, 0.05) is 23.8 Å². The van der Waals surface area contributed by atoms with Gasteiger partial charge in [-0.3, -0.25) is 4.79 Å². The quantitative estimate of drug-likeness (QED) is 0.0875. The lowest BCUT2D eigenvalue weighted by molar-refractivity contribution is -0.389. The second kappa shape index (κ2) is 16.8. The second-order valence-corrected chi connectivity index (χ2v) is 13.1. The number of aliphatic hydroxyl groups excluding tert-OH is 10. The summed E-state index contributed by atoms with van der Waals surface area (Å²) in [5.74, 6) is -0.983. The van der Waals surface area contributed by atoms with Crippen LogP contribution < -0.4 is 14.9 Å². The number of benzene rings is 2. The molecule has 4 heterocycles. The van der Waals surface area contributed by atoms with Gasteiger partial charge in [-0.15, -0.1) is 0 Å². The zero-order valence-electron chi connectivity index (χ0n) is 28.8. The first-order valence-electron chi connectivity index (χ1n) is 16.9. The molecule has 3 aromatic rings. The molecule has 3 aliphatic rings. The van der Waals surface area contributed by atoms with E-state index in [1.54, 1.807) is 0 Å². The molecule has 3 saturated heterocycles. The van der Waals surface area contributed by atoms with Gasteiger partial charge >= 0.3 is 0 Å². The molecule has 2 aromatic carbocycles. The predicted molar refractivity (Wildman–Crippen MR) is 177 cm³/mol. The van der Waals surface area contributed by atoms with E-state index < -0.39 is 123 Å². The average molecular weight is 787 g/mol. The highest BCUT2D eigenvalue weighted by atomic mass is 16.8. The first-order chi connectivity index (χ1) is 26.2. The van der Waals surface area contributed by atoms with Gasteiger partial charge in [0.05, 0.1) is 26.9 Å². The summed E-state index contributed by atoms with van der Waals surface area (Å²) in [6.07, 6.45) is -27.2. The molecule has 15 atom stereocenters. The highest BCUT2D eigenvalue weighted by Crippen LogP contribution is 2.37. The van der Waals surface area contributed by atoms with Crippen LogP contribution in [0, 0.1) is 0 Å². The molecule has 0 saturated carbocycles. The minimum absolute atomic E-state index is 0.000406.